The number of carbonyl (C=O) groups excluding carboxylic acids is 1. The number of rotatable bonds is 6. The molecule has 1 aliphatic rings. The minimum absolute atomic E-state index is 0.297. The number of hydrogen-bond acceptors (Lipinski definition) is 5. The van der Waals surface area contributed by atoms with E-state index >= 15 is 0 Å². The van der Waals surface area contributed by atoms with Crippen molar-refractivity contribution in [1.82, 2.24) is 0 Å². The molecule has 1 saturated heterocycles. The normalized spacial score (nSPS) is 20.7. The molecule has 3 rings (SSSR count). The molecule has 2 aromatic heterocycles. The van der Waals surface area contributed by atoms with E-state index in [0.29, 0.717) is 6.42 Å². The maximum absolute atomic E-state index is 12.8. The fourth-order valence-electron chi connectivity index (χ4n) is 2.60. The Hall–Kier alpha value is -1.21. The van der Waals surface area contributed by atoms with E-state index in [1.165, 1.54) is 22.7 Å². The van der Waals surface area contributed by atoms with Crippen molar-refractivity contribution >= 4 is 28.6 Å². The second-order valence-electron chi connectivity index (χ2n) is 6.35. The summed E-state index contributed by atoms with van der Waals surface area (Å²) in [4.78, 5) is 14.5. The summed E-state index contributed by atoms with van der Waals surface area (Å²) < 4.78 is 12.7. The highest BCUT2D eigenvalue weighted by Crippen LogP contribution is 2.45. The highest BCUT2D eigenvalue weighted by molar-refractivity contribution is 7.12. The van der Waals surface area contributed by atoms with Crippen molar-refractivity contribution in [1.29, 1.82) is 0 Å². The van der Waals surface area contributed by atoms with E-state index in [-0.39, 0.29) is 5.97 Å². The first-order valence-corrected chi connectivity index (χ1v) is 9.53. The number of quaternary nitrogens is 1. The zero-order valence-electron chi connectivity index (χ0n) is 13.7. The molecule has 4 nitrogen and oxygen atoms in total. The summed E-state index contributed by atoms with van der Waals surface area (Å²) in [5, 5.41) is 3.93. The Morgan fingerprint density at radius 1 is 1.17 bits per heavy atom. The van der Waals surface area contributed by atoms with E-state index in [4.69, 9.17) is 9.47 Å². The van der Waals surface area contributed by atoms with E-state index in [9.17, 15) is 4.79 Å². The van der Waals surface area contributed by atoms with Crippen LogP contribution in [0.4, 0.5) is 0 Å². The summed E-state index contributed by atoms with van der Waals surface area (Å²) in [6.07, 6.45) is 0.209. The second kappa shape index (κ2) is 6.36. The predicted octanol–water partition coefficient (Wildman–Crippen LogP) is 3.44. The molecule has 2 aromatic rings. The summed E-state index contributed by atoms with van der Waals surface area (Å²) >= 11 is 3.06. The van der Waals surface area contributed by atoms with Crippen LogP contribution in [0.1, 0.15) is 23.1 Å². The molecule has 0 radical (unpaired) electrons. The zero-order chi connectivity index (χ0) is 16.5. The Labute approximate surface area is 144 Å². The Kier molecular flexibility index (Phi) is 4.60. The number of thiophene rings is 2. The minimum Gasteiger partial charge on any atom is -0.433 e. The van der Waals surface area contributed by atoms with Gasteiger partial charge in [0, 0.05) is 0 Å². The van der Waals surface area contributed by atoms with Crippen LogP contribution in [-0.2, 0) is 19.9 Å². The lowest BCUT2D eigenvalue weighted by Gasteiger charge is -2.29. The first kappa shape index (κ1) is 16.6. The monoisotopic (exact) mass is 352 g/mol. The maximum Gasteiger partial charge on any atom is 0.352 e. The average molecular weight is 353 g/mol. The standard InChI is InChI=1S/C17H22NO3S2/c1-4-18(2,3)10-9-15-20-16(19)17(21-15,13-7-5-11-22-13)14-8-6-12-23-14/h5-8,11-12,15H,4,9-10H2,1-3H3/q+1. The van der Waals surface area contributed by atoms with E-state index < -0.39 is 11.9 Å². The van der Waals surface area contributed by atoms with Crippen molar-refractivity contribution in [3.63, 3.8) is 0 Å². The lowest BCUT2D eigenvalue weighted by molar-refractivity contribution is -0.889. The molecule has 1 fully saturated rings. The van der Waals surface area contributed by atoms with E-state index in [1.807, 2.05) is 35.0 Å². The first-order valence-electron chi connectivity index (χ1n) is 7.77. The third kappa shape index (κ3) is 3.08. The second-order valence-corrected chi connectivity index (χ2v) is 8.25. The molecule has 1 atom stereocenters. The van der Waals surface area contributed by atoms with Gasteiger partial charge in [0.25, 0.3) is 0 Å². The highest BCUT2D eigenvalue weighted by atomic mass is 32.1. The van der Waals surface area contributed by atoms with Crippen LogP contribution >= 0.6 is 22.7 Å². The van der Waals surface area contributed by atoms with Crippen molar-refractivity contribution < 1.29 is 18.8 Å². The molecule has 0 bridgehead atoms. The number of nitrogens with zero attached hydrogens (tertiary/aromatic N) is 1. The van der Waals surface area contributed by atoms with Crippen molar-refractivity contribution in [3.8, 4) is 0 Å². The summed E-state index contributed by atoms with van der Waals surface area (Å²) in [6, 6.07) is 7.77. The van der Waals surface area contributed by atoms with Gasteiger partial charge >= 0.3 is 5.97 Å². The van der Waals surface area contributed by atoms with Crippen LogP contribution in [0.2, 0.25) is 0 Å². The molecule has 23 heavy (non-hydrogen) atoms. The summed E-state index contributed by atoms with van der Waals surface area (Å²) in [5.74, 6) is -0.297. The Balaban J connectivity index is 1.86. The van der Waals surface area contributed by atoms with Crippen molar-refractivity contribution in [2.45, 2.75) is 25.2 Å². The van der Waals surface area contributed by atoms with E-state index in [2.05, 4.69) is 21.0 Å². The molecule has 0 aliphatic carbocycles. The van der Waals surface area contributed by atoms with Gasteiger partial charge in [0.2, 0.25) is 11.9 Å². The van der Waals surface area contributed by atoms with Crippen molar-refractivity contribution in [2.75, 3.05) is 27.2 Å². The third-order valence-electron chi connectivity index (χ3n) is 4.40. The van der Waals surface area contributed by atoms with Crippen LogP contribution in [0.25, 0.3) is 0 Å². The molecular weight excluding hydrogens is 330 g/mol. The quantitative estimate of drug-likeness (QED) is 0.590. The lowest BCUT2D eigenvalue weighted by Crippen LogP contribution is -2.41. The fourth-order valence-corrected chi connectivity index (χ4v) is 4.40. The van der Waals surface area contributed by atoms with Gasteiger partial charge in [-0.15, -0.1) is 22.7 Å². The molecular formula is C17H22NO3S2+. The van der Waals surface area contributed by atoms with Gasteiger partial charge in [-0.2, -0.15) is 0 Å². The van der Waals surface area contributed by atoms with Crippen molar-refractivity contribution in [2.24, 2.45) is 0 Å². The van der Waals surface area contributed by atoms with E-state index in [0.717, 1.165) is 27.3 Å². The van der Waals surface area contributed by atoms with Crippen LogP contribution < -0.4 is 0 Å². The molecule has 0 spiro atoms. The van der Waals surface area contributed by atoms with Gasteiger partial charge in [0.15, 0.2) is 0 Å². The fraction of sp³-hybridized carbons (Fsp3) is 0.471. The molecule has 0 aromatic carbocycles. The molecule has 0 N–H and O–H groups in total. The summed E-state index contributed by atoms with van der Waals surface area (Å²) in [5.41, 5.74) is -1.09. The molecule has 6 heteroatoms. The molecule has 124 valence electrons. The smallest absolute Gasteiger partial charge is 0.352 e. The van der Waals surface area contributed by atoms with Crippen LogP contribution in [0, 0.1) is 0 Å². The number of hydrogen-bond donors (Lipinski definition) is 0. The van der Waals surface area contributed by atoms with Gasteiger partial charge in [-0.25, -0.2) is 4.79 Å². The highest BCUT2D eigenvalue weighted by Gasteiger charge is 2.55. The van der Waals surface area contributed by atoms with Gasteiger partial charge in [-0.05, 0) is 29.8 Å². The van der Waals surface area contributed by atoms with E-state index in [1.54, 1.807) is 0 Å². The molecule has 0 saturated carbocycles. The minimum atomic E-state index is -1.09. The van der Waals surface area contributed by atoms with Crippen molar-refractivity contribution in [3.05, 3.63) is 44.8 Å². The lowest BCUT2D eigenvalue weighted by atomic mass is 10.0. The van der Waals surface area contributed by atoms with Crippen LogP contribution in [0.5, 0.6) is 0 Å². The Bertz CT molecular complexity index is 615. The van der Waals surface area contributed by atoms with Gasteiger partial charge in [-0.1, -0.05) is 12.1 Å². The van der Waals surface area contributed by atoms with Crippen LogP contribution in [0.3, 0.4) is 0 Å². The maximum atomic E-state index is 12.8. The Morgan fingerprint density at radius 2 is 1.78 bits per heavy atom. The van der Waals surface area contributed by atoms with Crippen LogP contribution in [0.15, 0.2) is 35.0 Å². The number of ether oxygens (including phenoxy) is 2. The third-order valence-corrected chi connectivity index (χ3v) is 6.34. The first-order chi connectivity index (χ1) is 11.0. The summed E-state index contributed by atoms with van der Waals surface area (Å²) in [7, 11) is 4.34. The average Bonchev–Trinajstić information content (AvgIpc) is 3.26. The molecule has 3 heterocycles. The molecule has 0 amide bonds. The van der Waals surface area contributed by atoms with Gasteiger partial charge in [-0.3, -0.25) is 0 Å². The zero-order valence-corrected chi connectivity index (χ0v) is 15.3. The number of esters is 1. The Morgan fingerprint density at radius 3 is 2.26 bits per heavy atom. The molecule has 1 aliphatic heterocycles. The molecule has 1 unspecified atom stereocenters. The predicted molar refractivity (Wildman–Crippen MR) is 92.5 cm³/mol. The van der Waals surface area contributed by atoms with Gasteiger partial charge in [0.05, 0.1) is 43.4 Å². The van der Waals surface area contributed by atoms with Gasteiger partial charge < -0.3 is 14.0 Å². The van der Waals surface area contributed by atoms with Gasteiger partial charge in [0.1, 0.15) is 0 Å². The number of cyclic esters (lactones) is 1. The van der Waals surface area contributed by atoms with Crippen LogP contribution in [-0.4, -0.2) is 43.9 Å². The summed E-state index contributed by atoms with van der Waals surface area (Å²) in [6.45, 7) is 4.09. The largest absolute Gasteiger partial charge is 0.433 e. The topological polar surface area (TPSA) is 35.5 Å². The SMILES string of the molecule is CC[N+](C)(C)CCC1OC(=O)C(c2cccs2)(c2cccs2)O1. The number of carbonyl (C=O) groups is 1.